The maximum atomic E-state index is 5.95. The Balaban J connectivity index is 2.53. The molecule has 1 aromatic carbocycles. The molecule has 78 valence electrons. The van der Waals surface area contributed by atoms with E-state index in [-0.39, 0.29) is 0 Å². The van der Waals surface area contributed by atoms with Gasteiger partial charge in [-0.1, -0.05) is 6.07 Å². The molecule has 0 atom stereocenters. The molecule has 0 bridgehead atoms. The zero-order valence-corrected chi connectivity index (χ0v) is 8.77. The standard InChI is InChI=1S/C11H13N3O/c1-8-6-13-14(7-8)9-4-3-5-10(15-2)11(9)12/h3-7H,12H2,1-2H3. The van der Waals surface area contributed by atoms with Crippen molar-refractivity contribution in [3.8, 4) is 11.4 Å². The number of anilines is 1. The average molecular weight is 203 g/mol. The van der Waals surface area contributed by atoms with Crippen molar-refractivity contribution in [3.63, 3.8) is 0 Å². The van der Waals surface area contributed by atoms with Crippen LogP contribution >= 0.6 is 0 Å². The van der Waals surface area contributed by atoms with E-state index in [4.69, 9.17) is 10.5 Å². The molecule has 1 heterocycles. The minimum absolute atomic E-state index is 0.600. The number of nitrogens with two attached hydrogens (primary N) is 1. The Morgan fingerprint density at radius 3 is 2.80 bits per heavy atom. The summed E-state index contributed by atoms with van der Waals surface area (Å²) in [5, 5.41) is 4.20. The van der Waals surface area contributed by atoms with E-state index in [0.29, 0.717) is 11.4 Å². The maximum Gasteiger partial charge on any atom is 0.143 e. The van der Waals surface area contributed by atoms with Gasteiger partial charge < -0.3 is 10.5 Å². The Kier molecular flexibility index (Phi) is 2.33. The Bertz CT molecular complexity index is 476. The summed E-state index contributed by atoms with van der Waals surface area (Å²) in [6, 6.07) is 5.63. The topological polar surface area (TPSA) is 53.1 Å². The van der Waals surface area contributed by atoms with Gasteiger partial charge in [-0.3, -0.25) is 0 Å². The number of rotatable bonds is 2. The van der Waals surface area contributed by atoms with Crippen LogP contribution in [0.2, 0.25) is 0 Å². The molecule has 0 aliphatic rings. The van der Waals surface area contributed by atoms with Gasteiger partial charge in [0.25, 0.3) is 0 Å². The van der Waals surface area contributed by atoms with Crippen LogP contribution in [0.1, 0.15) is 5.56 Å². The fraction of sp³-hybridized carbons (Fsp3) is 0.182. The summed E-state index contributed by atoms with van der Waals surface area (Å²) in [4.78, 5) is 0. The molecule has 4 heteroatoms. The molecule has 0 unspecified atom stereocenters. The van der Waals surface area contributed by atoms with E-state index in [1.54, 1.807) is 18.0 Å². The highest BCUT2D eigenvalue weighted by Gasteiger charge is 2.07. The normalized spacial score (nSPS) is 10.3. The van der Waals surface area contributed by atoms with Crippen molar-refractivity contribution in [3.05, 3.63) is 36.2 Å². The van der Waals surface area contributed by atoms with Crippen LogP contribution < -0.4 is 10.5 Å². The van der Waals surface area contributed by atoms with Crippen LogP contribution in [-0.2, 0) is 0 Å². The highest BCUT2D eigenvalue weighted by molar-refractivity contribution is 5.66. The number of para-hydroxylation sites is 1. The lowest BCUT2D eigenvalue weighted by molar-refractivity contribution is 0.416. The highest BCUT2D eigenvalue weighted by atomic mass is 16.5. The van der Waals surface area contributed by atoms with Gasteiger partial charge in [-0.2, -0.15) is 5.10 Å². The van der Waals surface area contributed by atoms with Crippen LogP contribution in [-0.4, -0.2) is 16.9 Å². The Hall–Kier alpha value is -1.97. The van der Waals surface area contributed by atoms with Crippen LogP contribution in [0.4, 0.5) is 5.69 Å². The second-order valence-electron chi connectivity index (χ2n) is 3.36. The van der Waals surface area contributed by atoms with Crippen molar-refractivity contribution in [1.29, 1.82) is 0 Å². The van der Waals surface area contributed by atoms with E-state index < -0.39 is 0 Å². The SMILES string of the molecule is COc1cccc(-n2cc(C)cn2)c1N. The van der Waals surface area contributed by atoms with Crippen LogP contribution in [0.5, 0.6) is 5.75 Å². The zero-order valence-electron chi connectivity index (χ0n) is 8.77. The van der Waals surface area contributed by atoms with Crippen molar-refractivity contribution in [2.24, 2.45) is 0 Å². The van der Waals surface area contributed by atoms with Gasteiger partial charge in [0, 0.05) is 6.20 Å². The second-order valence-corrected chi connectivity index (χ2v) is 3.36. The Labute approximate surface area is 88.3 Å². The summed E-state index contributed by atoms with van der Waals surface area (Å²) < 4.78 is 6.89. The minimum atomic E-state index is 0.600. The molecule has 2 rings (SSSR count). The van der Waals surface area contributed by atoms with Crippen molar-refractivity contribution in [2.75, 3.05) is 12.8 Å². The summed E-state index contributed by atoms with van der Waals surface area (Å²) in [6.07, 6.45) is 3.71. The van der Waals surface area contributed by atoms with Gasteiger partial charge in [0.1, 0.15) is 11.4 Å². The van der Waals surface area contributed by atoms with Gasteiger partial charge >= 0.3 is 0 Å². The van der Waals surface area contributed by atoms with E-state index in [1.807, 2.05) is 31.3 Å². The first kappa shape index (κ1) is 9.58. The van der Waals surface area contributed by atoms with E-state index in [0.717, 1.165) is 11.3 Å². The van der Waals surface area contributed by atoms with Crippen molar-refractivity contribution >= 4 is 5.69 Å². The molecule has 0 fully saturated rings. The quantitative estimate of drug-likeness (QED) is 0.757. The molecular weight excluding hydrogens is 190 g/mol. The minimum Gasteiger partial charge on any atom is -0.495 e. The Morgan fingerprint density at radius 2 is 2.20 bits per heavy atom. The van der Waals surface area contributed by atoms with Gasteiger partial charge in [-0.05, 0) is 24.6 Å². The van der Waals surface area contributed by atoms with E-state index in [2.05, 4.69) is 5.10 Å². The second kappa shape index (κ2) is 3.65. The number of nitrogens with zero attached hydrogens (tertiary/aromatic N) is 2. The summed E-state index contributed by atoms with van der Waals surface area (Å²) in [5.41, 5.74) is 8.48. The first-order valence-corrected chi connectivity index (χ1v) is 4.66. The molecule has 4 nitrogen and oxygen atoms in total. The monoisotopic (exact) mass is 203 g/mol. The molecule has 0 saturated heterocycles. The number of aromatic nitrogens is 2. The summed E-state index contributed by atoms with van der Waals surface area (Å²) >= 11 is 0. The van der Waals surface area contributed by atoms with Crippen LogP contribution in [0.3, 0.4) is 0 Å². The maximum absolute atomic E-state index is 5.95. The molecule has 0 radical (unpaired) electrons. The third kappa shape index (κ3) is 1.66. The largest absolute Gasteiger partial charge is 0.495 e. The average Bonchev–Trinajstić information content (AvgIpc) is 2.65. The van der Waals surface area contributed by atoms with Crippen LogP contribution in [0, 0.1) is 6.92 Å². The molecule has 2 N–H and O–H groups in total. The summed E-state index contributed by atoms with van der Waals surface area (Å²) in [6.45, 7) is 1.99. The van der Waals surface area contributed by atoms with E-state index in [1.165, 1.54) is 0 Å². The van der Waals surface area contributed by atoms with E-state index >= 15 is 0 Å². The highest BCUT2D eigenvalue weighted by Crippen LogP contribution is 2.27. The predicted molar refractivity (Wildman–Crippen MR) is 59.3 cm³/mol. The molecular formula is C11H13N3O. The summed E-state index contributed by atoms with van der Waals surface area (Å²) in [7, 11) is 1.60. The predicted octanol–water partition coefficient (Wildman–Crippen LogP) is 1.77. The van der Waals surface area contributed by atoms with Crippen molar-refractivity contribution in [2.45, 2.75) is 6.92 Å². The third-order valence-corrected chi connectivity index (χ3v) is 2.22. The molecule has 0 amide bonds. The zero-order chi connectivity index (χ0) is 10.8. The Morgan fingerprint density at radius 1 is 1.40 bits per heavy atom. The lowest BCUT2D eigenvalue weighted by atomic mass is 10.2. The fourth-order valence-corrected chi connectivity index (χ4v) is 1.45. The molecule has 0 spiro atoms. The number of ether oxygens (including phenoxy) is 1. The van der Waals surface area contributed by atoms with Gasteiger partial charge in [0.05, 0.1) is 19.0 Å². The number of hydrogen-bond donors (Lipinski definition) is 1. The van der Waals surface area contributed by atoms with Crippen LogP contribution in [0.15, 0.2) is 30.6 Å². The molecule has 2 aromatic rings. The molecule has 15 heavy (non-hydrogen) atoms. The van der Waals surface area contributed by atoms with Crippen molar-refractivity contribution in [1.82, 2.24) is 9.78 Å². The summed E-state index contributed by atoms with van der Waals surface area (Å²) in [5.74, 6) is 0.667. The van der Waals surface area contributed by atoms with E-state index in [9.17, 15) is 0 Å². The number of benzene rings is 1. The van der Waals surface area contributed by atoms with Crippen molar-refractivity contribution < 1.29 is 4.74 Å². The van der Waals surface area contributed by atoms with Gasteiger partial charge in [-0.25, -0.2) is 4.68 Å². The van der Waals surface area contributed by atoms with Gasteiger partial charge in [0.15, 0.2) is 0 Å². The molecule has 0 aliphatic heterocycles. The van der Waals surface area contributed by atoms with Gasteiger partial charge in [-0.15, -0.1) is 0 Å². The lowest BCUT2D eigenvalue weighted by Crippen LogP contribution is -2.01. The molecule has 0 saturated carbocycles. The first-order chi connectivity index (χ1) is 7.22. The number of methoxy groups -OCH3 is 1. The molecule has 1 aromatic heterocycles. The van der Waals surface area contributed by atoms with Crippen LogP contribution in [0.25, 0.3) is 5.69 Å². The first-order valence-electron chi connectivity index (χ1n) is 4.66. The lowest BCUT2D eigenvalue weighted by Gasteiger charge is -2.09. The molecule has 0 aliphatic carbocycles. The number of hydrogen-bond acceptors (Lipinski definition) is 3. The van der Waals surface area contributed by atoms with Gasteiger partial charge in [0.2, 0.25) is 0 Å². The fourth-order valence-electron chi connectivity index (χ4n) is 1.45. The smallest absolute Gasteiger partial charge is 0.143 e. The third-order valence-electron chi connectivity index (χ3n) is 2.22. The number of aryl methyl sites for hydroxylation is 1. The number of nitrogen functional groups attached to an aromatic ring is 1.